The Morgan fingerprint density at radius 3 is 2.29 bits per heavy atom. The van der Waals surface area contributed by atoms with Gasteiger partial charge in [-0.3, -0.25) is 23.0 Å². The molecule has 2 atom stereocenters. The number of benzene rings is 1. The van der Waals surface area contributed by atoms with Crippen molar-refractivity contribution in [1.29, 1.82) is 0 Å². The van der Waals surface area contributed by atoms with Crippen LogP contribution in [-0.2, 0) is 9.59 Å². The number of rotatable bonds is 5. The molecule has 1 aromatic rings. The molecule has 0 aromatic heterocycles. The molecule has 0 spiro atoms. The topological polar surface area (TPSA) is 119 Å². The number of halogens is 3. The van der Waals surface area contributed by atoms with E-state index < -0.39 is 16.4 Å². The fourth-order valence-corrected chi connectivity index (χ4v) is 9.14. The molecule has 188 valence electrons. The van der Waals surface area contributed by atoms with Crippen molar-refractivity contribution < 1.29 is 18.7 Å². The van der Waals surface area contributed by atoms with Crippen LogP contribution in [0, 0.1) is 23.2 Å². The highest BCUT2D eigenvalue weighted by Crippen LogP contribution is 2.60. The van der Waals surface area contributed by atoms with Crippen molar-refractivity contribution in [3.63, 3.8) is 0 Å². The van der Waals surface area contributed by atoms with Crippen LogP contribution in [0.3, 0.4) is 0 Å². The fraction of sp³-hybridized carbons (Fsp3) is 0.636. The summed E-state index contributed by atoms with van der Waals surface area (Å²) < 4.78 is 25.0. The molecule has 5 aliphatic rings. The third-order valence-corrected chi connectivity index (χ3v) is 11.3. The van der Waals surface area contributed by atoms with Crippen LogP contribution in [0.25, 0.3) is 0 Å². The lowest BCUT2D eigenvalue weighted by Crippen LogP contribution is -2.62. The molecule has 6 rings (SSSR count). The van der Waals surface area contributed by atoms with Crippen LogP contribution in [0.5, 0.6) is 0 Å². The number of hydrogen-bond donors (Lipinski definition) is 4. The molecule has 4 bridgehead atoms. The highest BCUT2D eigenvalue weighted by Gasteiger charge is 2.58. The normalized spacial score (nSPS) is 35.3. The van der Waals surface area contributed by atoms with Gasteiger partial charge in [-0.15, -0.1) is 0 Å². The number of primary amides is 1. The molecule has 2 amide bonds. The third-order valence-electron chi connectivity index (χ3n) is 8.11. The quantitative estimate of drug-likeness (QED) is 0.399. The number of hydrogen-bond acceptors (Lipinski definition) is 6. The molecular formula is C22H29Cl3N4O4S. The molecule has 8 nitrogen and oxygen atoms in total. The fourth-order valence-electron chi connectivity index (χ4n) is 6.85. The minimum Gasteiger partial charge on any atom is -0.369 e. The molecular weight excluding hydrogens is 523 g/mol. The molecule has 34 heavy (non-hydrogen) atoms. The maximum Gasteiger partial charge on any atom is 0.236 e. The minimum absolute atomic E-state index is 0.00640. The van der Waals surface area contributed by atoms with Crippen molar-refractivity contribution in [2.75, 3.05) is 23.9 Å². The number of nitrogens with two attached hydrogens (primary N) is 1. The highest BCUT2D eigenvalue weighted by molar-refractivity contribution is 8.23. The van der Waals surface area contributed by atoms with Crippen molar-refractivity contribution in [1.82, 2.24) is 9.62 Å². The van der Waals surface area contributed by atoms with E-state index in [4.69, 9.17) is 40.5 Å². The first-order chi connectivity index (χ1) is 16.0. The van der Waals surface area contributed by atoms with Crippen LogP contribution in [0.4, 0.5) is 5.69 Å². The van der Waals surface area contributed by atoms with Gasteiger partial charge in [-0.25, -0.2) is 0 Å². The molecule has 12 heteroatoms. The number of nitrogens with one attached hydrogen (secondary N) is 1. The second-order valence-electron chi connectivity index (χ2n) is 10.2. The van der Waals surface area contributed by atoms with Crippen LogP contribution >= 0.6 is 45.8 Å². The first-order valence-corrected chi connectivity index (χ1v) is 14.1. The van der Waals surface area contributed by atoms with E-state index in [9.17, 15) is 18.7 Å². The van der Waals surface area contributed by atoms with Gasteiger partial charge in [-0.05, 0) is 68.4 Å². The van der Waals surface area contributed by atoms with Gasteiger partial charge in [0.25, 0.3) is 0 Å². The van der Waals surface area contributed by atoms with Gasteiger partial charge in [0.15, 0.2) is 0 Å². The van der Waals surface area contributed by atoms with E-state index in [1.165, 1.54) is 20.7 Å². The first kappa shape index (κ1) is 24.7. The Morgan fingerprint density at radius 1 is 1.09 bits per heavy atom. The SMILES string of the molecule is NC(=O)C12CC3CC(C1)C(NC(=O)CN1CCCN(c4cc(Cl)c(Cl)c(Cl)c4)S1(O)O)C(C3)C2. The largest absolute Gasteiger partial charge is 0.369 e. The maximum atomic E-state index is 13.1. The average Bonchev–Trinajstić information content (AvgIpc) is 2.75. The Balaban J connectivity index is 1.27. The zero-order chi connectivity index (χ0) is 24.4. The van der Waals surface area contributed by atoms with Gasteiger partial charge in [0.2, 0.25) is 11.8 Å². The third kappa shape index (κ3) is 4.17. The Bertz CT molecular complexity index is 989. The number of carbonyl (C=O) groups excluding carboxylic acids is 2. The molecule has 1 saturated heterocycles. The molecule has 5 fully saturated rings. The summed E-state index contributed by atoms with van der Waals surface area (Å²) in [6.07, 6.45) is 4.95. The summed E-state index contributed by atoms with van der Waals surface area (Å²) in [4.78, 5) is 25.2. The minimum atomic E-state index is -3.46. The zero-order valence-electron chi connectivity index (χ0n) is 18.6. The first-order valence-electron chi connectivity index (χ1n) is 11.5. The van der Waals surface area contributed by atoms with Crippen LogP contribution in [0.2, 0.25) is 15.1 Å². The van der Waals surface area contributed by atoms with Gasteiger partial charge in [-0.2, -0.15) is 4.31 Å². The average molecular weight is 552 g/mol. The summed E-state index contributed by atoms with van der Waals surface area (Å²) >= 11 is 18.3. The summed E-state index contributed by atoms with van der Waals surface area (Å²) in [6.45, 7) is 0.595. The highest BCUT2D eigenvalue weighted by atomic mass is 35.5. The summed E-state index contributed by atoms with van der Waals surface area (Å²) in [7, 11) is -3.46. The Labute approximate surface area is 215 Å². The Kier molecular flexibility index (Phi) is 6.45. The monoisotopic (exact) mass is 550 g/mol. The number of carbonyl (C=O) groups is 2. The van der Waals surface area contributed by atoms with E-state index in [1.54, 1.807) is 0 Å². The van der Waals surface area contributed by atoms with Gasteiger partial charge in [0.05, 0.1) is 27.3 Å². The number of anilines is 1. The maximum absolute atomic E-state index is 13.1. The van der Waals surface area contributed by atoms with E-state index >= 15 is 0 Å². The van der Waals surface area contributed by atoms with E-state index in [-0.39, 0.29) is 51.3 Å². The molecule has 1 aromatic carbocycles. The Hall–Kier alpha value is -0.940. The van der Waals surface area contributed by atoms with E-state index in [0.29, 0.717) is 31.1 Å². The van der Waals surface area contributed by atoms with Crippen molar-refractivity contribution in [3.05, 3.63) is 27.2 Å². The lowest BCUT2D eigenvalue weighted by atomic mass is 9.47. The van der Waals surface area contributed by atoms with E-state index in [1.807, 2.05) is 0 Å². The molecule has 4 aliphatic carbocycles. The van der Waals surface area contributed by atoms with Crippen LogP contribution in [0.1, 0.15) is 38.5 Å². The smallest absolute Gasteiger partial charge is 0.236 e. The molecule has 4 saturated carbocycles. The van der Waals surface area contributed by atoms with Crippen molar-refractivity contribution >= 4 is 63.3 Å². The zero-order valence-corrected chi connectivity index (χ0v) is 21.6. The molecule has 2 unspecified atom stereocenters. The Morgan fingerprint density at radius 2 is 1.71 bits per heavy atom. The summed E-state index contributed by atoms with van der Waals surface area (Å²) in [5, 5.41) is 3.79. The van der Waals surface area contributed by atoms with Crippen molar-refractivity contribution in [2.45, 2.75) is 44.6 Å². The lowest BCUT2D eigenvalue weighted by Gasteiger charge is -2.59. The second-order valence-corrected chi connectivity index (χ2v) is 13.4. The number of amides is 2. The van der Waals surface area contributed by atoms with E-state index in [0.717, 1.165) is 32.1 Å². The van der Waals surface area contributed by atoms with Gasteiger partial charge >= 0.3 is 0 Å². The van der Waals surface area contributed by atoms with Crippen LogP contribution < -0.4 is 15.4 Å². The van der Waals surface area contributed by atoms with Gasteiger partial charge < -0.3 is 11.1 Å². The lowest BCUT2D eigenvalue weighted by molar-refractivity contribution is -0.147. The van der Waals surface area contributed by atoms with Crippen molar-refractivity contribution in [2.24, 2.45) is 28.9 Å². The molecule has 5 N–H and O–H groups in total. The predicted molar refractivity (Wildman–Crippen MR) is 135 cm³/mol. The van der Waals surface area contributed by atoms with Gasteiger partial charge in [0, 0.05) is 24.5 Å². The standard InChI is InChI=1S/C22H29Cl3N4O4S/c23-16-6-15(7-17(24)19(16)25)29-3-1-2-28(34(29,32)33)11-18(30)27-20-13-4-12-5-14(20)10-22(8-12,9-13)21(26)31/h6-7,12-14,20,32-33H,1-5,8-11H2,(H2,26,31)(H,27,30). The summed E-state index contributed by atoms with van der Waals surface area (Å²) in [5.74, 6) is 0.512. The van der Waals surface area contributed by atoms with Crippen LogP contribution in [-0.4, -0.2) is 50.9 Å². The van der Waals surface area contributed by atoms with Crippen LogP contribution in [0.15, 0.2) is 12.1 Å². The number of nitrogens with zero attached hydrogens (tertiary/aromatic N) is 2. The second kappa shape index (κ2) is 8.87. The summed E-state index contributed by atoms with van der Waals surface area (Å²) in [5.41, 5.74) is 5.78. The molecule has 1 aliphatic heterocycles. The van der Waals surface area contributed by atoms with Gasteiger partial charge in [-0.1, -0.05) is 45.8 Å². The van der Waals surface area contributed by atoms with Gasteiger partial charge in [0.1, 0.15) is 0 Å². The molecule has 0 radical (unpaired) electrons. The summed E-state index contributed by atoms with van der Waals surface area (Å²) in [6, 6.07) is 3.07. The predicted octanol–water partition coefficient (Wildman–Crippen LogP) is 4.54. The molecule has 1 heterocycles. The van der Waals surface area contributed by atoms with Crippen molar-refractivity contribution in [3.8, 4) is 0 Å². The van der Waals surface area contributed by atoms with E-state index in [2.05, 4.69) is 5.32 Å².